The fourth-order valence-electron chi connectivity index (χ4n) is 1.96. The van der Waals surface area contributed by atoms with Crippen LogP contribution in [0.5, 0.6) is 0 Å². The molecule has 0 spiro atoms. The van der Waals surface area contributed by atoms with Crippen LogP contribution in [0.4, 0.5) is 0 Å². The van der Waals surface area contributed by atoms with Gasteiger partial charge in [-0.25, -0.2) is 9.78 Å². The van der Waals surface area contributed by atoms with Crippen LogP contribution in [0.15, 0.2) is 41.5 Å². The first-order valence-corrected chi connectivity index (χ1v) is 6.40. The summed E-state index contributed by atoms with van der Waals surface area (Å²) in [5, 5.41) is 10.2. The Morgan fingerprint density at radius 2 is 2.00 bits per heavy atom. The lowest BCUT2D eigenvalue weighted by molar-refractivity contribution is 0.154. The Hall–Kier alpha value is -1.94. The van der Waals surface area contributed by atoms with Gasteiger partial charge in [0.1, 0.15) is 0 Å². The molecule has 0 saturated carbocycles. The summed E-state index contributed by atoms with van der Waals surface area (Å²) >= 11 is 0. The SMILES string of the molecule is CCc1ccc(C(O)Cn2cc(C)cnc2=O)cc1. The molecule has 0 amide bonds. The van der Waals surface area contributed by atoms with E-state index in [1.807, 2.05) is 31.2 Å². The summed E-state index contributed by atoms with van der Waals surface area (Å²) in [5.41, 5.74) is 2.60. The first-order valence-electron chi connectivity index (χ1n) is 6.40. The molecule has 0 aliphatic heterocycles. The second kappa shape index (κ2) is 5.80. The van der Waals surface area contributed by atoms with Gasteiger partial charge in [0.2, 0.25) is 0 Å². The van der Waals surface area contributed by atoms with E-state index in [0.717, 1.165) is 17.5 Å². The van der Waals surface area contributed by atoms with Crippen LogP contribution in [0.2, 0.25) is 0 Å². The highest BCUT2D eigenvalue weighted by Crippen LogP contribution is 2.15. The van der Waals surface area contributed by atoms with Gasteiger partial charge in [-0.05, 0) is 30.0 Å². The summed E-state index contributed by atoms with van der Waals surface area (Å²) in [6.45, 7) is 4.17. The molecule has 100 valence electrons. The molecule has 1 aromatic carbocycles. The predicted molar refractivity (Wildman–Crippen MR) is 74.0 cm³/mol. The molecule has 1 unspecified atom stereocenters. The number of aliphatic hydroxyl groups excluding tert-OH is 1. The summed E-state index contributed by atoms with van der Waals surface area (Å²) in [7, 11) is 0. The third-order valence-corrected chi connectivity index (χ3v) is 3.13. The van der Waals surface area contributed by atoms with Crippen molar-refractivity contribution in [3.05, 3.63) is 63.8 Å². The Kier molecular flexibility index (Phi) is 4.12. The van der Waals surface area contributed by atoms with Crippen LogP contribution in [0.3, 0.4) is 0 Å². The molecule has 0 bridgehead atoms. The highest BCUT2D eigenvalue weighted by atomic mass is 16.3. The lowest BCUT2D eigenvalue weighted by Gasteiger charge is -2.13. The van der Waals surface area contributed by atoms with Crippen LogP contribution < -0.4 is 5.69 Å². The van der Waals surface area contributed by atoms with E-state index >= 15 is 0 Å². The number of aromatic nitrogens is 2. The van der Waals surface area contributed by atoms with Gasteiger partial charge >= 0.3 is 5.69 Å². The quantitative estimate of drug-likeness (QED) is 0.910. The van der Waals surface area contributed by atoms with Crippen molar-refractivity contribution in [1.29, 1.82) is 0 Å². The molecule has 1 atom stereocenters. The standard InChI is InChI=1S/C15H18N2O2/c1-3-12-4-6-13(7-5-12)14(18)10-17-9-11(2)8-16-15(17)19/h4-9,14,18H,3,10H2,1-2H3. The Morgan fingerprint density at radius 1 is 1.32 bits per heavy atom. The van der Waals surface area contributed by atoms with Crippen LogP contribution in [-0.2, 0) is 13.0 Å². The molecule has 4 nitrogen and oxygen atoms in total. The van der Waals surface area contributed by atoms with Gasteiger partial charge in [0.25, 0.3) is 0 Å². The van der Waals surface area contributed by atoms with Crippen molar-refractivity contribution in [2.45, 2.75) is 32.9 Å². The molecule has 0 saturated heterocycles. The van der Waals surface area contributed by atoms with Gasteiger partial charge in [0, 0.05) is 12.4 Å². The fourth-order valence-corrected chi connectivity index (χ4v) is 1.96. The van der Waals surface area contributed by atoms with Gasteiger partial charge in [0.05, 0.1) is 12.6 Å². The summed E-state index contributed by atoms with van der Waals surface area (Å²) < 4.78 is 1.44. The van der Waals surface area contributed by atoms with E-state index in [0.29, 0.717) is 0 Å². The molecule has 1 N–H and O–H groups in total. The van der Waals surface area contributed by atoms with Crippen molar-refractivity contribution >= 4 is 0 Å². The van der Waals surface area contributed by atoms with Gasteiger partial charge in [-0.3, -0.25) is 4.57 Å². The summed E-state index contributed by atoms with van der Waals surface area (Å²) in [5.74, 6) is 0. The molecule has 1 aromatic heterocycles. The minimum absolute atomic E-state index is 0.221. The van der Waals surface area contributed by atoms with Crippen molar-refractivity contribution in [3.8, 4) is 0 Å². The van der Waals surface area contributed by atoms with Gasteiger partial charge in [-0.2, -0.15) is 0 Å². The number of hydrogen-bond donors (Lipinski definition) is 1. The zero-order valence-corrected chi connectivity index (χ0v) is 11.2. The number of benzene rings is 1. The van der Waals surface area contributed by atoms with E-state index in [-0.39, 0.29) is 12.2 Å². The van der Waals surface area contributed by atoms with Crippen LogP contribution in [0, 0.1) is 6.92 Å². The number of hydrogen-bond acceptors (Lipinski definition) is 3. The minimum atomic E-state index is -0.702. The average molecular weight is 258 g/mol. The highest BCUT2D eigenvalue weighted by Gasteiger charge is 2.09. The van der Waals surface area contributed by atoms with Crippen molar-refractivity contribution in [2.24, 2.45) is 0 Å². The van der Waals surface area contributed by atoms with E-state index in [4.69, 9.17) is 0 Å². The molecular formula is C15H18N2O2. The molecular weight excluding hydrogens is 240 g/mol. The molecule has 1 heterocycles. The molecule has 4 heteroatoms. The van der Waals surface area contributed by atoms with E-state index in [9.17, 15) is 9.90 Å². The molecule has 0 fully saturated rings. The molecule has 2 aromatic rings. The van der Waals surface area contributed by atoms with Crippen LogP contribution in [-0.4, -0.2) is 14.7 Å². The number of aliphatic hydroxyl groups is 1. The normalized spacial score (nSPS) is 12.4. The molecule has 0 aliphatic rings. The van der Waals surface area contributed by atoms with E-state index < -0.39 is 6.10 Å². The molecule has 0 aliphatic carbocycles. The van der Waals surface area contributed by atoms with E-state index in [1.165, 1.54) is 16.3 Å². The maximum absolute atomic E-state index is 11.6. The lowest BCUT2D eigenvalue weighted by atomic mass is 10.1. The largest absolute Gasteiger partial charge is 0.387 e. The monoisotopic (exact) mass is 258 g/mol. The smallest absolute Gasteiger partial charge is 0.347 e. The molecule has 0 radical (unpaired) electrons. The number of aryl methyl sites for hydroxylation is 2. The topological polar surface area (TPSA) is 55.1 Å². The maximum Gasteiger partial charge on any atom is 0.347 e. The third kappa shape index (κ3) is 3.29. The lowest BCUT2D eigenvalue weighted by Crippen LogP contribution is -2.25. The highest BCUT2D eigenvalue weighted by molar-refractivity contribution is 5.24. The van der Waals surface area contributed by atoms with E-state index in [2.05, 4.69) is 11.9 Å². The Balaban J connectivity index is 2.17. The van der Waals surface area contributed by atoms with Gasteiger partial charge in [-0.1, -0.05) is 31.2 Å². The van der Waals surface area contributed by atoms with Gasteiger partial charge in [-0.15, -0.1) is 0 Å². The van der Waals surface area contributed by atoms with Crippen molar-refractivity contribution < 1.29 is 5.11 Å². The van der Waals surface area contributed by atoms with Crippen molar-refractivity contribution in [1.82, 2.24) is 9.55 Å². The zero-order chi connectivity index (χ0) is 13.8. The second-order valence-corrected chi connectivity index (χ2v) is 4.68. The Bertz CT molecular complexity index is 602. The third-order valence-electron chi connectivity index (χ3n) is 3.13. The van der Waals surface area contributed by atoms with Gasteiger partial charge in [0.15, 0.2) is 0 Å². The maximum atomic E-state index is 11.6. The second-order valence-electron chi connectivity index (χ2n) is 4.68. The van der Waals surface area contributed by atoms with Crippen LogP contribution in [0.25, 0.3) is 0 Å². The first-order chi connectivity index (χ1) is 9.10. The molecule has 2 rings (SSSR count). The van der Waals surface area contributed by atoms with Gasteiger partial charge < -0.3 is 5.11 Å². The van der Waals surface area contributed by atoms with E-state index in [1.54, 1.807) is 6.20 Å². The first kappa shape index (κ1) is 13.5. The molecule has 19 heavy (non-hydrogen) atoms. The number of rotatable bonds is 4. The summed E-state index contributed by atoms with van der Waals surface area (Å²) in [6, 6.07) is 7.79. The summed E-state index contributed by atoms with van der Waals surface area (Å²) in [6.07, 6.45) is 3.50. The fraction of sp³-hybridized carbons (Fsp3) is 0.333. The zero-order valence-electron chi connectivity index (χ0n) is 11.2. The Labute approximate surface area is 112 Å². The summed E-state index contributed by atoms with van der Waals surface area (Å²) in [4.78, 5) is 15.3. The average Bonchev–Trinajstić information content (AvgIpc) is 2.43. The predicted octanol–water partition coefficient (Wildman–Crippen LogP) is 1.85. The Morgan fingerprint density at radius 3 is 2.63 bits per heavy atom. The number of nitrogens with zero attached hydrogens (tertiary/aromatic N) is 2. The van der Waals surface area contributed by atoms with Crippen LogP contribution >= 0.6 is 0 Å². The van der Waals surface area contributed by atoms with Crippen molar-refractivity contribution in [2.75, 3.05) is 0 Å². The van der Waals surface area contributed by atoms with Crippen molar-refractivity contribution in [3.63, 3.8) is 0 Å². The minimum Gasteiger partial charge on any atom is -0.387 e. The van der Waals surface area contributed by atoms with Crippen LogP contribution in [0.1, 0.15) is 29.7 Å².